The van der Waals surface area contributed by atoms with Crippen LogP contribution in [-0.4, -0.2) is 43.7 Å². The van der Waals surface area contributed by atoms with E-state index < -0.39 is 0 Å². The van der Waals surface area contributed by atoms with Gasteiger partial charge in [0.2, 0.25) is 0 Å². The molecule has 1 aliphatic rings. The fourth-order valence-corrected chi connectivity index (χ4v) is 3.28. The van der Waals surface area contributed by atoms with E-state index in [1.165, 1.54) is 12.7 Å². The SMILES string of the molecule is COC(=O)c1ccccc1CN1CCNCC1Cc1ccccc1. The molecular weight excluding hydrogens is 300 g/mol. The Bertz CT molecular complexity index is 672. The van der Waals surface area contributed by atoms with Crippen molar-refractivity contribution in [3.8, 4) is 0 Å². The highest BCUT2D eigenvalue weighted by molar-refractivity contribution is 5.90. The van der Waals surface area contributed by atoms with Crippen molar-refractivity contribution >= 4 is 5.97 Å². The van der Waals surface area contributed by atoms with Crippen molar-refractivity contribution in [1.82, 2.24) is 10.2 Å². The molecule has 1 N–H and O–H groups in total. The number of benzene rings is 2. The summed E-state index contributed by atoms with van der Waals surface area (Å²) in [6, 6.07) is 18.7. The topological polar surface area (TPSA) is 41.6 Å². The molecule has 4 nitrogen and oxygen atoms in total. The zero-order valence-corrected chi connectivity index (χ0v) is 14.1. The number of carbonyl (C=O) groups is 1. The van der Waals surface area contributed by atoms with Crippen LogP contribution in [0, 0.1) is 0 Å². The Labute approximate surface area is 143 Å². The predicted octanol–water partition coefficient (Wildman–Crippen LogP) is 2.49. The van der Waals surface area contributed by atoms with Gasteiger partial charge in [0.05, 0.1) is 12.7 Å². The zero-order valence-electron chi connectivity index (χ0n) is 14.1. The molecule has 0 aliphatic carbocycles. The minimum absolute atomic E-state index is 0.264. The highest BCUT2D eigenvalue weighted by atomic mass is 16.5. The zero-order chi connectivity index (χ0) is 16.8. The van der Waals surface area contributed by atoms with Gasteiger partial charge in [0, 0.05) is 32.2 Å². The van der Waals surface area contributed by atoms with Crippen LogP contribution in [0.3, 0.4) is 0 Å². The van der Waals surface area contributed by atoms with Crippen LogP contribution in [-0.2, 0) is 17.7 Å². The average molecular weight is 324 g/mol. The summed E-state index contributed by atoms with van der Waals surface area (Å²) in [5, 5.41) is 3.49. The Balaban J connectivity index is 1.76. The lowest BCUT2D eigenvalue weighted by Crippen LogP contribution is -2.51. The summed E-state index contributed by atoms with van der Waals surface area (Å²) in [4.78, 5) is 14.5. The van der Waals surface area contributed by atoms with Gasteiger partial charge in [-0.05, 0) is 23.6 Å². The molecule has 2 aromatic carbocycles. The lowest BCUT2D eigenvalue weighted by Gasteiger charge is -2.36. The maximum Gasteiger partial charge on any atom is 0.338 e. The summed E-state index contributed by atoms with van der Waals surface area (Å²) in [6.07, 6.45) is 1.01. The van der Waals surface area contributed by atoms with Gasteiger partial charge in [-0.2, -0.15) is 0 Å². The normalized spacial score (nSPS) is 18.3. The molecule has 0 spiro atoms. The number of methoxy groups -OCH3 is 1. The number of nitrogens with one attached hydrogen (secondary N) is 1. The molecule has 24 heavy (non-hydrogen) atoms. The summed E-state index contributed by atoms with van der Waals surface area (Å²) in [5.74, 6) is -0.264. The molecule has 1 atom stereocenters. The molecule has 1 heterocycles. The Hall–Kier alpha value is -2.17. The maximum atomic E-state index is 12.0. The molecule has 0 saturated carbocycles. The van der Waals surface area contributed by atoms with Gasteiger partial charge in [-0.1, -0.05) is 48.5 Å². The highest BCUT2D eigenvalue weighted by Gasteiger charge is 2.24. The first-order valence-corrected chi connectivity index (χ1v) is 8.43. The molecule has 126 valence electrons. The number of hydrogen-bond donors (Lipinski definition) is 1. The summed E-state index contributed by atoms with van der Waals surface area (Å²) in [7, 11) is 1.43. The number of nitrogens with zero attached hydrogens (tertiary/aromatic N) is 1. The van der Waals surface area contributed by atoms with Crippen molar-refractivity contribution in [2.75, 3.05) is 26.7 Å². The van der Waals surface area contributed by atoms with Crippen molar-refractivity contribution in [2.24, 2.45) is 0 Å². The lowest BCUT2D eigenvalue weighted by molar-refractivity contribution is 0.0596. The van der Waals surface area contributed by atoms with Gasteiger partial charge in [-0.25, -0.2) is 4.79 Å². The highest BCUT2D eigenvalue weighted by Crippen LogP contribution is 2.18. The third-order valence-electron chi connectivity index (χ3n) is 4.58. The van der Waals surface area contributed by atoms with Crippen molar-refractivity contribution in [3.05, 3.63) is 71.3 Å². The number of esters is 1. The fourth-order valence-electron chi connectivity index (χ4n) is 3.28. The maximum absolute atomic E-state index is 12.0. The van der Waals surface area contributed by atoms with Crippen LogP contribution in [0.1, 0.15) is 21.5 Å². The molecule has 2 aromatic rings. The van der Waals surface area contributed by atoms with Crippen LogP contribution in [0.15, 0.2) is 54.6 Å². The Morgan fingerprint density at radius 2 is 1.92 bits per heavy atom. The quantitative estimate of drug-likeness (QED) is 0.858. The van der Waals surface area contributed by atoms with Crippen LogP contribution in [0.5, 0.6) is 0 Å². The number of ether oxygens (including phenoxy) is 1. The van der Waals surface area contributed by atoms with E-state index >= 15 is 0 Å². The van der Waals surface area contributed by atoms with Gasteiger partial charge in [0.15, 0.2) is 0 Å². The summed E-state index contributed by atoms with van der Waals surface area (Å²) < 4.78 is 4.92. The van der Waals surface area contributed by atoms with Gasteiger partial charge in [0.25, 0.3) is 0 Å². The van der Waals surface area contributed by atoms with Crippen LogP contribution in [0.2, 0.25) is 0 Å². The molecule has 0 radical (unpaired) electrons. The van der Waals surface area contributed by atoms with Gasteiger partial charge < -0.3 is 10.1 Å². The van der Waals surface area contributed by atoms with E-state index in [1.54, 1.807) is 0 Å². The average Bonchev–Trinajstić information content (AvgIpc) is 2.64. The third-order valence-corrected chi connectivity index (χ3v) is 4.58. The second kappa shape index (κ2) is 8.08. The van der Waals surface area contributed by atoms with Gasteiger partial charge in [-0.3, -0.25) is 4.90 Å². The molecule has 0 aromatic heterocycles. The molecule has 4 heteroatoms. The summed E-state index contributed by atoms with van der Waals surface area (Å²) in [5.41, 5.74) is 3.04. The monoisotopic (exact) mass is 324 g/mol. The first kappa shape index (κ1) is 16.7. The first-order chi connectivity index (χ1) is 11.8. The van der Waals surface area contributed by atoms with Crippen molar-refractivity contribution < 1.29 is 9.53 Å². The van der Waals surface area contributed by atoms with Crippen molar-refractivity contribution in [3.63, 3.8) is 0 Å². The number of piperazine rings is 1. The van der Waals surface area contributed by atoms with Crippen LogP contribution in [0.4, 0.5) is 0 Å². The largest absolute Gasteiger partial charge is 0.465 e. The second-order valence-electron chi connectivity index (χ2n) is 6.17. The predicted molar refractivity (Wildman–Crippen MR) is 95.0 cm³/mol. The molecule has 0 bridgehead atoms. The smallest absolute Gasteiger partial charge is 0.338 e. The van der Waals surface area contributed by atoms with Gasteiger partial charge in [0.1, 0.15) is 0 Å². The van der Waals surface area contributed by atoms with E-state index in [9.17, 15) is 4.79 Å². The van der Waals surface area contributed by atoms with E-state index in [0.717, 1.165) is 38.2 Å². The molecular formula is C20H24N2O2. The van der Waals surface area contributed by atoms with Crippen LogP contribution >= 0.6 is 0 Å². The molecule has 1 aliphatic heterocycles. The number of carbonyl (C=O) groups excluding carboxylic acids is 1. The standard InChI is InChI=1S/C20H24N2O2/c1-24-20(23)19-10-6-5-9-17(19)15-22-12-11-21-14-18(22)13-16-7-3-2-4-8-16/h2-10,18,21H,11-15H2,1H3. The van der Waals surface area contributed by atoms with Gasteiger partial charge >= 0.3 is 5.97 Å². The molecule has 1 saturated heterocycles. The van der Waals surface area contributed by atoms with Crippen LogP contribution in [0.25, 0.3) is 0 Å². The number of rotatable bonds is 5. The third kappa shape index (κ3) is 4.02. The van der Waals surface area contributed by atoms with E-state index in [0.29, 0.717) is 11.6 Å². The Kier molecular flexibility index (Phi) is 5.62. The van der Waals surface area contributed by atoms with E-state index in [-0.39, 0.29) is 5.97 Å². The molecule has 1 unspecified atom stereocenters. The molecule has 3 rings (SSSR count). The van der Waals surface area contributed by atoms with E-state index in [2.05, 4.69) is 34.5 Å². The lowest BCUT2D eigenvalue weighted by atomic mass is 10.0. The van der Waals surface area contributed by atoms with Crippen LogP contribution < -0.4 is 5.32 Å². The second-order valence-corrected chi connectivity index (χ2v) is 6.17. The van der Waals surface area contributed by atoms with E-state index in [4.69, 9.17) is 4.74 Å². The molecule has 1 fully saturated rings. The minimum atomic E-state index is -0.264. The minimum Gasteiger partial charge on any atom is -0.465 e. The van der Waals surface area contributed by atoms with Gasteiger partial charge in [-0.15, -0.1) is 0 Å². The first-order valence-electron chi connectivity index (χ1n) is 8.43. The molecule has 0 amide bonds. The van der Waals surface area contributed by atoms with Crippen molar-refractivity contribution in [2.45, 2.75) is 19.0 Å². The van der Waals surface area contributed by atoms with E-state index in [1.807, 2.05) is 30.3 Å². The Morgan fingerprint density at radius 3 is 2.71 bits per heavy atom. The summed E-state index contributed by atoms with van der Waals surface area (Å²) >= 11 is 0. The summed E-state index contributed by atoms with van der Waals surface area (Å²) in [6.45, 7) is 3.69. The fraction of sp³-hybridized carbons (Fsp3) is 0.350. The Morgan fingerprint density at radius 1 is 1.17 bits per heavy atom. The number of hydrogen-bond acceptors (Lipinski definition) is 4. The van der Waals surface area contributed by atoms with Crippen molar-refractivity contribution in [1.29, 1.82) is 0 Å².